The minimum absolute atomic E-state index is 0.0526. The van der Waals surface area contributed by atoms with Crippen LogP contribution >= 0.6 is 0 Å². The summed E-state index contributed by atoms with van der Waals surface area (Å²) >= 11 is 0. The van der Waals surface area contributed by atoms with Gasteiger partial charge in [0.2, 0.25) is 0 Å². The van der Waals surface area contributed by atoms with E-state index in [9.17, 15) is 22.8 Å². The topological polar surface area (TPSA) is 76.5 Å². The summed E-state index contributed by atoms with van der Waals surface area (Å²) in [7, 11) is 0. The van der Waals surface area contributed by atoms with Gasteiger partial charge in [-0.1, -0.05) is 12.5 Å². The number of nitrogens with zero attached hydrogens (tertiary/aromatic N) is 3. The Bertz CT molecular complexity index is 1300. The van der Waals surface area contributed by atoms with Crippen LogP contribution in [0.1, 0.15) is 46.6 Å². The van der Waals surface area contributed by atoms with Crippen LogP contribution in [0.25, 0.3) is 11.0 Å². The van der Waals surface area contributed by atoms with Gasteiger partial charge in [0, 0.05) is 30.4 Å². The number of hydrogen-bond acceptors (Lipinski definition) is 5. The highest BCUT2D eigenvalue weighted by atomic mass is 19.4. The van der Waals surface area contributed by atoms with Gasteiger partial charge in [-0.25, -0.2) is 9.78 Å². The smallest absolute Gasteiger partial charge is 0.326 e. The Morgan fingerprint density at radius 2 is 1.80 bits per heavy atom. The van der Waals surface area contributed by atoms with E-state index in [0.717, 1.165) is 25.9 Å². The summed E-state index contributed by atoms with van der Waals surface area (Å²) in [5, 5.41) is 2.90. The summed E-state index contributed by atoms with van der Waals surface area (Å²) in [6, 6.07) is 11.0. The fourth-order valence-corrected chi connectivity index (χ4v) is 4.71. The first-order valence-electron chi connectivity index (χ1n) is 11.6. The lowest BCUT2D eigenvalue weighted by Gasteiger charge is -2.36. The first-order valence-corrected chi connectivity index (χ1v) is 11.6. The molecule has 0 spiro atoms. The molecule has 3 aromatic rings. The molecule has 10 heteroatoms. The standard InChI is InChI=1S/C25H25F3N4O3/c1-15-29-21-14-18(6-8-22(21)32(15)35-24(34)25(26,27)28)23(33)30-19-7-5-16-9-11-31(20-3-2-4-20)12-10-17(16)13-19/h5-8,13-14,20H,2-4,9-12H2,1H3,(H,30,33). The van der Waals surface area contributed by atoms with Crippen molar-refractivity contribution < 1.29 is 27.6 Å². The monoisotopic (exact) mass is 486 g/mol. The molecule has 1 aliphatic carbocycles. The summed E-state index contributed by atoms with van der Waals surface area (Å²) in [5.41, 5.74) is 3.91. The van der Waals surface area contributed by atoms with Crippen molar-refractivity contribution in [1.29, 1.82) is 0 Å². The third-order valence-electron chi connectivity index (χ3n) is 6.83. The molecule has 0 saturated heterocycles. The number of hydrogen-bond donors (Lipinski definition) is 1. The molecule has 5 rings (SSSR count). The molecule has 1 N–H and O–H groups in total. The second kappa shape index (κ2) is 8.99. The second-order valence-electron chi connectivity index (χ2n) is 9.09. The number of imidazole rings is 1. The first-order chi connectivity index (χ1) is 16.7. The van der Waals surface area contributed by atoms with E-state index in [1.165, 1.54) is 55.5 Å². The molecule has 1 fully saturated rings. The van der Waals surface area contributed by atoms with Gasteiger partial charge in [-0.15, -0.1) is 0 Å². The Morgan fingerprint density at radius 1 is 1.06 bits per heavy atom. The van der Waals surface area contributed by atoms with Gasteiger partial charge in [-0.3, -0.25) is 9.69 Å². The zero-order chi connectivity index (χ0) is 24.7. The summed E-state index contributed by atoms with van der Waals surface area (Å²) in [5.74, 6) is -2.66. The number of nitrogens with one attached hydrogen (secondary N) is 1. The van der Waals surface area contributed by atoms with Crippen molar-refractivity contribution in [3.8, 4) is 0 Å². The van der Waals surface area contributed by atoms with E-state index in [2.05, 4.69) is 26.1 Å². The summed E-state index contributed by atoms with van der Waals surface area (Å²) in [4.78, 5) is 35.3. The minimum Gasteiger partial charge on any atom is -0.326 e. The van der Waals surface area contributed by atoms with Crippen LogP contribution < -0.4 is 10.2 Å². The zero-order valence-corrected chi connectivity index (χ0v) is 19.2. The van der Waals surface area contributed by atoms with E-state index in [1.54, 1.807) is 0 Å². The molecule has 2 aromatic carbocycles. The highest BCUT2D eigenvalue weighted by Crippen LogP contribution is 2.28. The van der Waals surface area contributed by atoms with E-state index in [0.29, 0.717) is 16.5 Å². The van der Waals surface area contributed by atoms with Gasteiger partial charge < -0.3 is 10.2 Å². The van der Waals surface area contributed by atoms with Gasteiger partial charge in [0.05, 0.1) is 5.52 Å². The van der Waals surface area contributed by atoms with E-state index >= 15 is 0 Å². The third kappa shape index (κ3) is 4.75. The van der Waals surface area contributed by atoms with Gasteiger partial charge in [-0.2, -0.15) is 17.9 Å². The Morgan fingerprint density at radius 3 is 2.49 bits per heavy atom. The van der Waals surface area contributed by atoms with Gasteiger partial charge in [0.25, 0.3) is 5.91 Å². The van der Waals surface area contributed by atoms with Gasteiger partial charge in [0.1, 0.15) is 11.3 Å². The molecule has 7 nitrogen and oxygen atoms in total. The van der Waals surface area contributed by atoms with E-state index in [-0.39, 0.29) is 28.3 Å². The highest BCUT2D eigenvalue weighted by molar-refractivity contribution is 6.06. The van der Waals surface area contributed by atoms with Crippen LogP contribution in [0.15, 0.2) is 36.4 Å². The van der Waals surface area contributed by atoms with Gasteiger partial charge >= 0.3 is 12.1 Å². The number of aromatic nitrogens is 2. The largest absolute Gasteiger partial charge is 0.493 e. The summed E-state index contributed by atoms with van der Waals surface area (Å²) < 4.78 is 38.5. The Balaban J connectivity index is 1.30. The quantitative estimate of drug-likeness (QED) is 0.602. The number of rotatable bonds is 4. The zero-order valence-electron chi connectivity index (χ0n) is 19.2. The highest BCUT2D eigenvalue weighted by Gasteiger charge is 2.42. The lowest BCUT2D eigenvalue weighted by molar-refractivity contribution is -0.199. The lowest BCUT2D eigenvalue weighted by Crippen LogP contribution is -2.41. The van der Waals surface area contributed by atoms with Crippen LogP contribution in [0.2, 0.25) is 0 Å². The van der Waals surface area contributed by atoms with Crippen molar-refractivity contribution in [2.45, 2.75) is 51.2 Å². The number of anilines is 1. The molecular weight excluding hydrogens is 461 g/mol. The predicted molar refractivity (Wildman–Crippen MR) is 123 cm³/mol. The molecule has 0 bridgehead atoms. The molecule has 1 aliphatic heterocycles. The number of amides is 1. The van der Waals surface area contributed by atoms with Crippen molar-refractivity contribution in [2.75, 3.05) is 18.4 Å². The average molecular weight is 486 g/mol. The average Bonchev–Trinajstić information content (AvgIpc) is 2.94. The number of aryl methyl sites for hydroxylation is 1. The SMILES string of the molecule is Cc1nc2cc(C(=O)Nc3ccc4c(c3)CCN(C3CCC3)CC4)ccc2n1OC(=O)C(F)(F)F. The predicted octanol–water partition coefficient (Wildman–Crippen LogP) is 4.07. The maximum Gasteiger partial charge on any atom is 0.493 e. The number of halogens is 3. The molecule has 1 aromatic heterocycles. The Labute approximate surface area is 199 Å². The molecule has 1 amide bonds. The second-order valence-corrected chi connectivity index (χ2v) is 9.09. The van der Waals surface area contributed by atoms with Crippen LogP contribution in [0.3, 0.4) is 0 Å². The lowest BCUT2D eigenvalue weighted by atomic mass is 9.91. The first kappa shape index (κ1) is 23.3. The molecular formula is C25H25F3N4O3. The van der Waals surface area contributed by atoms with Crippen molar-refractivity contribution in [2.24, 2.45) is 0 Å². The molecule has 0 atom stereocenters. The van der Waals surface area contributed by atoms with Crippen molar-refractivity contribution in [3.63, 3.8) is 0 Å². The minimum atomic E-state index is -5.13. The van der Waals surface area contributed by atoms with Crippen LogP contribution in [-0.2, 0) is 17.6 Å². The molecule has 184 valence electrons. The number of carbonyl (C=O) groups is 2. The molecule has 1 saturated carbocycles. The number of benzene rings is 2. The number of carbonyl (C=O) groups excluding carboxylic acids is 2. The van der Waals surface area contributed by atoms with E-state index in [1.807, 2.05) is 12.1 Å². The summed E-state index contributed by atoms with van der Waals surface area (Å²) in [6.45, 7) is 3.49. The van der Waals surface area contributed by atoms with Crippen LogP contribution in [0, 0.1) is 6.92 Å². The molecule has 2 heterocycles. The van der Waals surface area contributed by atoms with Crippen LogP contribution in [0.4, 0.5) is 18.9 Å². The molecule has 35 heavy (non-hydrogen) atoms. The third-order valence-corrected chi connectivity index (χ3v) is 6.83. The number of fused-ring (bicyclic) bond motifs is 2. The fourth-order valence-electron chi connectivity index (χ4n) is 4.71. The molecule has 2 aliphatic rings. The van der Waals surface area contributed by atoms with Crippen LogP contribution in [0.5, 0.6) is 0 Å². The maximum absolute atomic E-state index is 12.9. The van der Waals surface area contributed by atoms with Crippen LogP contribution in [-0.4, -0.2) is 51.8 Å². The fraction of sp³-hybridized carbons (Fsp3) is 0.400. The van der Waals surface area contributed by atoms with E-state index in [4.69, 9.17) is 0 Å². The number of alkyl halides is 3. The van der Waals surface area contributed by atoms with Gasteiger partial charge in [0.15, 0.2) is 0 Å². The Hall–Kier alpha value is -3.40. The van der Waals surface area contributed by atoms with E-state index < -0.39 is 12.1 Å². The Kier molecular flexibility index (Phi) is 6.00. The van der Waals surface area contributed by atoms with Gasteiger partial charge in [-0.05, 0) is 74.1 Å². The van der Waals surface area contributed by atoms with Crippen molar-refractivity contribution >= 4 is 28.6 Å². The normalized spacial score (nSPS) is 16.9. The molecule has 0 radical (unpaired) electrons. The maximum atomic E-state index is 12.9. The van der Waals surface area contributed by atoms with Crippen molar-refractivity contribution in [3.05, 3.63) is 58.9 Å². The molecule has 0 unspecified atom stereocenters. The summed E-state index contributed by atoms with van der Waals surface area (Å²) in [6.07, 6.45) is 0.683. The van der Waals surface area contributed by atoms with Crippen molar-refractivity contribution in [1.82, 2.24) is 14.6 Å².